The summed E-state index contributed by atoms with van der Waals surface area (Å²) in [5, 5.41) is 3.15. The Bertz CT molecular complexity index is 774. The molecule has 0 radical (unpaired) electrons. The number of benzene rings is 1. The standard InChI is InChI=1S/C16H20FN3O2S/c1-11(2)9-18-16-7-4-13(10-19-16)20-23(21,22)14-5-6-15(17)12(3)8-14/h4-8,10-11,20H,9H2,1-3H3,(H,18,19). The molecule has 0 unspecified atom stereocenters. The van der Waals surface area contributed by atoms with Crippen LogP contribution in [0, 0.1) is 18.7 Å². The Morgan fingerprint density at radius 2 is 1.96 bits per heavy atom. The minimum Gasteiger partial charge on any atom is -0.370 e. The van der Waals surface area contributed by atoms with Gasteiger partial charge in [0.2, 0.25) is 0 Å². The molecule has 0 saturated heterocycles. The van der Waals surface area contributed by atoms with Crippen LogP contribution in [0.25, 0.3) is 0 Å². The second kappa shape index (κ2) is 6.95. The number of nitrogens with zero attached hydrogens (tertiary/aromatic N) is 1. The summed E-state index contributed by atoms with van der Waals surface area (Å²) in [5.41, 5.74) is 0.626. The molecule has 5 nitrogen and oxygen atoms in total. The highest BCUT2D eigenvalue weighted by atomic mass is 32.2. The van der Waals surface area contributed by atoms with Gasteiger partial charge in [-0.2, -0.15) is 0 Å². The molecule has 0 aliphatic carbocycles. The molecule has 0 aliphatic heterocycles. The highest BCUT2D eigenvalue weighted by molar-refractivity contribution is 7.92. The van der Waals surface area contributed by atoms with Gasteiger partial charge in [0.15, 0.2) is 0 Å². The quantitative estimate of drug-likeness (QED) is 0.847. The van der Waals surface area contributed by atoms with Crippen molar-refractivity contribution in [1.82, 2.24) is 4.98 Å². The minimum atomic E-state index is -3.77. The largest absolute Gasteiger partial charge is 0.370 e. The Morgan fingerprint density at radius 3 is 2.52 bits per heavy atom. The van der Waals surface area contributed by atoms with Crippen molar-refractivity contribution in [3.05, 3.63) is 47.9 Å². The van der Waals surface area contributed by atoms with Crippen molar-refractivity contribution in [2.24, 2.45) is 5.92 Å². The summed E-state index contributed by atoms with van der Waals surface area (Å²) in [5.74, 6) is 0.724. The van der Waals surface area contributed by atoms with Crippen molar-refractivity contribution in [2.75, 3.05) is 16.6 Å². The first-order valence-electron chi connectivity index (χ1n) is 7.27. The maximum absolute atomic E-state index is 13.3. The highest BCUT2D eigenvalue weighted by Crippen LogP contribution is 2.19. The molecule has 1 aromatic heterocycles. The third-order valence-electron chi connectivity index (χ3n) is 3.15. The van der Waals surface area contributed by atoms with E-state index < -0.39 is 15.8 Å². The molecule has 1 aromatic carbocycles. The molecule has 0 spiro atoms. The van der Waals surface area contributed by atoms with Crippen LogP contribution in [0.4, 0.5) is 15.9 Å². The SMILES string of the molecule is Cc1cc(S(=O)(=O)Nc2ccc(NCC(C)C)nc2)ccc1F. The Kier molecular flexibility index (Phi) is 5.20. The van der Waals surface area contributed by atoms with Crippen molar-refractivity contribution in [3.8, 4) is 0 Å². The number of hydrogen-bond donors (Lipinski definition) is 2. The number of sulfonamides is 1. The summed E-state index contributed by atoms with van der Waals surface area (Å²) in [4.78, 5) is 4.17. The monoisotopic (exact) mass is 337 g/mol. The number of aromatic nitrogens is 1. The van der Waals surface area contributed by atoms with Crippen LogP contribution in [-0.4, -0.2) is 19.9 Å². The van der Waals surface area contributed by atoms with Crippen LogP contribution in [0.1, 0.15) is 19.4 Å². The van der Waals surface area contributed by atoms with Gasteiger partial charge in [-0.25, -0.2) is 17.8 Å². The van der Waals surface area contributed by atoms with Crippen LogP contribution < -0.4 is 10.0 Å². The molecule has 0 fully saturated rings. The van der Waals surface area contributed by atoms with Gasteiger partial charge in [0, 0.05) is 6.54 Å². The smallest absolute Gasteiger partial charge is 0.261 e. The van der Waals surface area contributed by atoms with E-state index >= 15 is 0 Å². The fraction of sp³-hybridized carbons (Fsp3) is 0.312. The van der Waals surface area contributed by atoms with E-state index in [2.05, 4.69) is 28.9 Å². The van der Waals surface area contributed by atoms with Gasteiger partial charge >= 0.3 is 0 Å². The van der Waals surface area contributed by atoms with Gasteiger partial charge in [0.05, 0.1) is 16.8 Å². The zero-order valence-electron chi connectivity index (χ0n) is 13.3. The minimum absolute atomic E-state index is 0.0124. The molecule has 23 heavy (non-hydrogen) atoms. The molecule has 0 aliphatic rings. The van der Waals surface area contributed by atoms with E-state index in [1.807, 2.05) is 0 Å². The normalized spacial score (nSPS) is 11.5. The van der Waals surface area contributed by atoms with E-state index in [9.17, 15) is 12.8 Å². The molecule has 7 heteroatoms. The van der Waals surface area contributed by atoms with Gasteiger partial charge in [-0.05, 0) is 48.7 Å². The number of rotatable bonds is 6. The van der Waals surface area contributed by atoms with Crippen LogP contribution in [0.5, 0.6) is 0 Å². The van der Waals surface area contributed by atoms with Crippen molar-refractivity contribution < 1.29 is 12.8 Å². The number of hydrogen-bond acceptors (Lipinski definition) is 4. The number of aryl methyl sites for hydroxylation is 1. The van der Waals surface area contributed by atoms with Crippen LogP contribution in [0.15, 0.2) is 41.4 Å². The van der Waals surface area contributed by atoms with Gasteiger partial charge < -0.3 is 5.32 Å². The lowest BCUT2D eigenvalue weighted by Gasteiger charge is -2.11. The van der Waals surface area contributed by atoms with Crippen LogP contribution in [0.3, 0.4) is 0 Å². The van der Waals surface area contributed by atoms with Crippen molar-refractivity contribution in [1.29, 1.82) is 0 Å². The van der Waals surface area contributed by atoms with E-state index in [1.165, 1.54) is 25.3 Å². The maximum Gasteiger partial charge on any atom is 0.261 e. The van der Waals surface area contributed by atoms with Crippen LogP contribution >= 0.6 is 0 Å². The van der Waals surface area contributed by atoms with E-state index in [4.69, 9.17) is 0 Å². The summed E-state index contributed by atoms with van der Waals surface area (Å²) in [7, 11) is -3.77. The summed E-state index contributed by atoms with van der Waals surface area (Å²) in [6, 6.07) is 7.00. The summed E-state index contributed by atoms with van der Waals surface area (Å²) < 4.78 is 40.3. The molecular weight excluding hydrogens is 317 g/mol. The molecule has 124 valence electrons. The number of nitrogens with one attached hydrogen (secondary N) is 2. The fourth-order valence-electron chi connectivity index (χ4n) is 1.87. The zero-order chi connectivity index (χ0) is 17.0. The summed E-state index contributed by atoms with van der Waals surface area (Å²) >= 11 is 0. The number of anilines is 2. The van der Waals surface area contributed by atoms with E-state index in [0.29, 0.717) is 17.4 Å². The maximum atomic E-state index is 13.3. The molecular formula is C16H20FN3O2S. The van der Waals surface area contributed by atoms with Crippen LogP contribution in [0.2, 0.25) is 0 Å². The van der Waals surface area contributed by atoms with Crippen LogP contribution in [-0.2, 0) is 10.0 Å². The van der Waals surface area contributed by atoms with E-state index in [0.717, 1.165) is 12.6 Å². The van der Waals surface area contributed by atoms with Crippen molar-refractivity contribution in [2.45, 2.75) is 25.7 Å². The Balaban J connectivity index is 2.12. The predicted molar refractivity (Wildman–Crippen MR) is 89.5 cm³/mol. The molecule has 1 heterocycles. The topological polar surface area (TPSA) is 71.1 Å². The van der Waals surface area contributed by atoms with Crippen molar-refractivity contribution in [3.63, 3.8) is 0 Å². The lowest BCUT2D eigenvalue weighted by Crippen LogP contribution is -2.14. The Hall–Kier alpha value is -2.15. The molecule has 0 bridgehead atoms. The average molecular weight is 337 g/mol. The number of pyridine rings is 1. The second-order valence-corrected chi connectivity index (χ2v) is 7.41. The van der Waals surface area contributed by atoms with Gasteiger partial charge in [0.25, 0.3) is 10.0 Å². The second-order valence-electron chi connectivity index (χ2n) is 5.72. The Morgan fingerprint density at radius 1 is 1.22 bits per heavy atom. The molecule has 0 amide bonds. The molecule has 0 atom stereocenters. The average Bonchev–Trinajstić information content (AvgIpc) is 2.49. The predicted octanol–water partition coefficient (Wildman–Crippen LogP) is 3.40. The highest BCUT2D eigenvalue weighted by Gasteiger charge is 2.15. The van der Waals surface area contributed by atoms with Crippen molar-refractivity contribution >= 4 is 21.5 Å². The first-order chi connectivity index (χ1) is 10.8. The number of halogens is 1. The van der Waals surface area contributed by atoms with E-state index in [1.54, 1.807) is 12.1 Å². The van der Waals surface area contributed by atoms with Gasteiger partial charge in [-0.15, -0.1) is 0 Å². The first-order valence-corrected chi connectivity index (χ1v) is 8.75. The zero-order valence-corrected chi connectivity index (χ0v) is 14.1. The van der Waals surface area contributed by atoms with Gasteiger partial charge in [0.1, 0.15) is 11.6 Å². The third-order valence-corrected chi connectivity index (χ3v) is 4.53. The molecule has 2 N–H and O–H groups in total. The summed E-state index contributed by atoms with van der Waals surface area (Å²) in [6.45, 7) is 6.47. The van der Waals surface area contributed by atoms with Gasteiger partial charge in [-0.3, -0.25) is 4.72 Å². The van der Waals surface area contributed by atoms with E-state index in [-0.39, 0.29) is 10.5 Å². The third kappa shape index (κ3) is 4.66. The Labute approximate surface area is 136 Å². The molecule has 0 saturated carbocycles. The molecule has 2 aromatic rings. The lowest BCUT2D eigenvalue weighted by molar-refractivity contribution is 0.598. The first kappa shape index (κ1) is 17.2. The fourth-order valence-corrected chi connectivity index (χ4v) is 2.99. The molecule has 2 rings (SSSR count). The summed E-state index contributed by atoms with van der Waals surface area (Å²) in [6.07, 6.45) is 1.44. The lowest BCUT2D eigenvalue weighted by atomic mass is 10.2. The van der Waals surface area contributed by atoms with Gasteiger partial charge in [-0.1, -0.05) is 13.8 Å².